The molecule has 1 aliphatic heterocycles. The highest BCUT2D eigenvalue weighted by Gasteiger charge is 2.15. The van der Waals surface area contributed by atoms with Crippen molar-refractivity contribution in [2.24, 2.45) is 0 Å². The lowest BCUT2D eigenvalue weighted by atomic mass is 10.1. The highest BCUT2D eigenvalue weighted by atomic mass is 15.0. The molecule has 0 bridgehead atoms. The Bertz CT molecular complexity index is 422. The van der Waals surface area contributed by atoms with Gasteiger partial charge in [-0.05, 0) is 31.5 Å². The maximum absolute atomic E-state index is 4.58. The Morgan fingerprint density at radius 2 is 2.27 bits per heavy atom. The molecule has 3 nitrogen and oxygen atoms in total. The SMILES string of the molecule is c1ccc2[nH]c(C[C@@H]3CCCN3)nc2c1. The van der Waals surface area contributed by atoms with Crippen molar-refractivity contribution in [3.05, 3.63) is 30.1 Å². The van der Waals surface area contributed by atoms with E-state index in [0.29, 0.717) is 6.04 Å². The molecule has 3 heteroatoms. The topological polar surface area (TPSA) is 40.7 Å². The van der Waals surface area contributed by atoms with E-state index < -0.39 is 0 Å². The molecule has 78 valence electrons. The van der Waals surface area contributed by atoms with E-state index in [1.807, 2.05) is 12.1 Å². The molecule has 2 aromatic rings. The molecule has 1 aliphatic rings. The van der Waals surface area contributed by atoms with Crippen LogP contribution < -0.4 is 5.32 Å². The first-order valence-electron chi connectivity index (χ1n) is 5.59. The van der Waals surface area contributed by atoms with Gasteiger partial charge < -0.3 is 10.3 Å². The van der Waals surface area contributed by atoms with E-state index in [1.165, 1.54) is 12.8 Å². The number of nitrogens with zero attached hydrogens (tertiary/aromatic N) is 1. The second-order valence-electron chi connectivity index (χ2n) is 4.20. The van der Waals surface area contributed by atoms with Crippen LogP contribution in [0.1, 0.15) is 18.7 Å². The average Bonchev–Trinajstić information content (AvgIpc) is 2.86. The van der Waals surface area contributed by atoms with Crippen molar-refractivity contribution >= 4 is 11.0 Å². The van der Waals surface area contributed by atoms with Gasteiger partial charge in [-0.25, -0.2) is 4.98 Å². The monoisotopic (exact) mass is 201 g/mol. The fourth-order valence-electron chi connectivity index (χ4n) is 2.27. The molecule has 0 saturated carbocycles. The first-order chi connectivity index (χ1) is 7.42. The Hall–Kier alpha value is -1.35. The number of aromatic amines is 1. The predicted octanol–water partition coefficient (Wildman–Crippen LogP) is 1.86. The molecule has 0 aliphatic carbocycles. The molecule has 1 aromatic heterocycles. The lowest BCUT2D eigenvalue weighted by Gasteiger charge is -2.06. The minimum absolute atomic E-state index is 0.616. The van der Waals surface area contributed by atoms with Crippen LogP contribution >= 0.6 is 0 Å². The molecular formula is C12H15N3. The van der Waals surface area contributed by atoms with E-state index in [0.717, 1.165) is 29.8 Å². The summed E-state index contributed by atoms with van der Waals surface area (Å²) in [5, 5.41) is 3.49. The van der Waals surface area contributed by atoms with E-state index in [2.05, 4.69) is 27.4 Å². The summed E-state index contributed by atoms with van der Waals surface area (Å²) in [6, 6.07) is 8.81. The summed E-state index contributed by atoms with van der Waals surface area (Å²) in [5.74, 6) is 1.11. The smallest absolute Gasteiger partial charge is 0.108 e. The normalized spacial score (nSPS) is 21.2. The van der Waals surface area contributed by atoms with Gasteiger partial charge in [-0.15, -0.1) is 0 Å². The lowest BCUT2D eigenvalue weighted by molar-refractivity contribution is 0.589. The summed E-state index contributed by atoms with van der Waals surface area (Å²) >= 11 is 0. The van der Waals surface area contributed by atoms with Crippen LogP contribution in [0.5, 0.6) is 0 Å². The first-order valence-corrected chi connectivity index (χ1v) is 5.59. The van der Waals surface area contributed by atoms with E-state index in [9.17, 15) is 0 Å². The molecule has 3 rings (SSSR count). The molecule has 15 heavy (non-hydrogen) atoms. The van der Waals surface area contributed by atoms with Gasteiger partial charge in [0.15, 0.2) is 0 Å². The Balaban J connectivity index is 1.84. The van der Waals surface area contributed by atoms with Crippen molar-refractivity contribution in [3.8, 4) is 0 Å². The minimum Gasteiger partial charge on any atom is -0.342 e. The van der Waals surface area contributed by atoms with Crippen molar-refractivity contribution in [2.45, 2.75) is 25.3 Å². The van der Waals surface area contributed by atoms with Crippen LogP contribution in [0.25, 0.3) is 11.0 Å². The molecule has 0 unspecified atom stereocenters. The Kier molecular flexibility index (Phi) is 2.18. The van der Waals surface area contributed by atoms with Gasteiger partial charge in [0.2, 0.25) is 0 Å². The zero-order chi connectivity index (χ0) is 10.1. The molecule has 0 spiro atoms. The molecule has 1 aromatic carbocycles. The van der Waals surface area contributed by atoms with Gasteiger partial charge in [0.25, 0.3) is 0 Å². The number of aromatic nitrogens is 2. The first kappa shape index (κ1) is 8.92. The molecule has 2 N–H and O–H groups in total. The van der Waals surface area contributed by atoms with Crippen LogP contribution in [-0.2, 0) is 6.42 Å². The summed E-state index contributed by atoms with van der Waals surface area (Å²) in [4.78, 5) is 7.95. The third-order valence-electron chi connectivity index (χ3n) is 3.04. The van der Waals surface area contributed by atoms with Gasteiger partial charge in [-0.2, -0.15) is 0 Å². The molecule has 2 heterocycles. The summed E-state index contributed by atoms with van der Waals surface area (Å²) in [6.45, 7) is 1.16. The van der Waals surface area contributed by atoms with E-state index >= 15 is 0 Å². The number of nitrogens with one attached hydrogen (secondary N) is 2. The van der Waals surface area contributed by atoms with Crippen LogP contribution in [0.2, 0.25) is 0 Å². The molecule has 1 saturated heterocycles. The Labute approximate surface area is 88.9 Å². The molecule has 0 amide bonds. The highest BCUT2D eigenvalue weighted by Crippen LogP contribution is 2.14. The van der Waals surface area contributed by atoms with Gasteiger partial charge in [0, 0.05) is 12.5 Å². The van der Waals surface area contributed by atoms with Gasteiger partial charge in [-0.3, -0.25) is 0 Å². The minimum atomic E-state index is 0.616. The highest BCUT2D eigenvalue weighted by molar-refractivity contribution is 5.74. The van der Waals surface area contributed by atoms with E-state index in [4.69, 9.17) is 0 Å². The zero-order valence-corrected chi connectivity index (χ0v) is 8.66. The van der Waals surface area contributed by atoms with Crippen LogP contribution in [0.15, 0.2) is 24.3 Å². The fourth-order valence-corrected chi connectivity index (χ4v) is 2.27. The second kappa shape index (κ2) is 3.66. The van der Waals surface area contributed by atoms with Gasteiger partial charge >= 0.3 is 0 Å². The molecule has 1 fully saturated rings. The molecule has 1 atom stereocenters. The summed E-state index contributed by atoms with van der Waals surface area (Å²) in [7, 11) is 0. The number of fused-ring (bicyclic) bond motifs is 1. The van der Waals surface area contributed by atoms with Crippen molar-refractivity contribution in [1.29, 1.82) is 0 Å². The standard InChI is InChI=1S/C12H15N3/c1-2-6-11-10(5-1)14-12(15-11)8-9-4-3-7-13-9/h1-2,5-6,9,13H,3-4,7-8H2,(H,14,15)/t9-/m0/s1. The van der Waals surface area contributed by atoms with Crippen LogP contribution in [-0.4, -0.2) is 22.6 Å². The summed E-state index contributed by atoms with van der Waals surface area (Å²) in [6.07, 6.45) is 3.59. The molecule has 0 radical (unpaired) electrons. The zero-order valence-electron chi connectivity index (χ0n) is 8.66. The van der Waals surface area contributed by atoms with E-state index in [1.54, 1.807) is 0 Å². The largest absolute Gasteiger partial charge is 0.342 e. The van der Waals surface area contributed by atoms with Gasteiger partial charge in [0.05, 0.1) is 11.0 Å². The molecular weight excluding hydrogens is 186 g/mol. The number of hydrogen-bond acceptors (Lipinski definition) is 2. The van der Waals surface area contributed by atoms with Crippen molar-refractivity contribution in [1.82, 2.24) is 15.3 Å². The maximum atomic E-state index is 4.58. The third kappa shape index (κ3) is 1.75. The second-order valence-corrected chi connectivity index (χ2v) is 4.20. The Morgan fingerprint density at radius 1 is 1.33 bits per heavy atom. The number of hydrogen-bond donors (Lipinski definition) is 2. The van der Waals surface area contributed by atoms with Crippen molar-refractivity contribution in [3.63, 3.8) is 0 Å². The van der Waals surface area contributed by atoms with Gasteiger partial charge in [-0.1, -0.05) is 12.1 Å². The third-order valence-corrected chi connectivity index (χ3v) is 3.04. The van der Waals surface area contributed by atoms with Crippen LogP contribution in [0.3, 0.4) is 0 Å². The predicted molar refractivity (Wildman–Crippen MR) is 60.8 cm³/mol. The van der Waals surface area contributed by atoms with Crippen molar-refractivity contribution in [2.75, 3.05) is 6.54 Å². The number of H-pyrrole nitrogens is 1. The van der Waals surface area contributed by atoms with Crippen LogP contribution in [0, 0.1) is 0 Å². The number of rotatable bonds is 2. The number of benzene rings is 1. The summed E-state index contributed by atoms with van der Waals surface area (Å²) in [5.41, 5.74) is 2.22. The van der Waals surface area contributed by atoms with Crippen LogP contribution in [0.4, 0.5) is 0 Å². The number of para-hydroxylation sites is 2. The fraction of sp³-hybridized carbons (Fsp3) is 0.417. The lowest BCUT2D eigenvalue weighted by Crippen LogP contribution is -2.24. The Morgan fingerprint density at radius 3 is 3.07 bits per heavy atom. The maximum Gasteiger partial charge on any atom is 0.108 e. The average molecular weight is 201 g/mol. The quantitative estimate of drug-likeness (QED) is 0.778. The van der Waals surface area contributed by atoms with Crippen molar-refractivity contribution < 1.29 is 0 Å². The summed E-state index contributed by atoms with van der Waals surface area (Å²) < 4.78 is 0. The number of imidazole rings is 1. The van der Waals surface area contributed by atoms with E-state index in [-0.39, 0.29) is 0 Å². The van der Waals surface area contributed by atoms with Gasteiger partial charge in [0.1, 0.15) is 5.82 Å².